The molecular formula is C12H15N3OS. The molecule has 2 N–H and O–H groups in total. The third-order valence-corrected chi connectivity index (χ3v) is 2.84. The van der Waals surface area contributed by atoms with Gasteiger partial charge in [0.15, 0.2) is 0 Å². The van der Waals surface area contributed by atoms with Gasteiger partial charge in [-0.2, -0.15) is 0 Å². The Hall–Kier alpha value is -1.46. The van der Waals surface area contributed by atoms with Gasteiger partial charge in [0.25, 0.3) is 0 Å². The second-order valence-electron chi connectivity index (χ2n) is 4.01. The maximum absolute atomic E-state index is 6.16. The lowest BCUT2D eigenvalue weighted by Crippen LogP contribution is -2.15. The van der Waals surface area contributed by atoms with Crippen molar-refractivity contribution < 1.29 is 4.74 Å². The van der Waals surface area contributed by atoms with Gasteiger partial charge < -0.3 is 10.5 Å². The molecular weight excluding hydrogens is 234 g/mol. The van der Waals surface area contributed by atoms with Gasteiger partial charge in [-0.15, -0.1) is 5.10 Å². The topological polar surface area (TPSA) is 61.0 Å². The molecule has 5 heteroatoms. The van der Waals surface area contributed by atoms with Gasteiger partial charge in [-0.1, -0.05) is 22.7 Å². The van der Waals surface area contributed by atoms with Crippen LogP contribution in [0.3, 0.4) is 0 Å². The highest BCUT2D eigenvalue weighted by Crippen LogP contribution is 2.28. The average molecular weight is 249 g/mol. The zero-order valence-electron chi connectivity index (χ0n) is 9.83. The molecule has 17 heavy (non-hydrogen) atoms. The Morgan fingerprint density at radius 1 is 1.29 bits per heavy atom. The number of hydrogen-bond donors (Lipinski definition) is 1. The van der Waals surface area contributed by atoms with Crippen LogP contribution >= 0.6 is 11.5 Å². The van der Waals surface area contributed by atoms with Crippen LogP contribution in [-0.4, -0.2) is 15.7 Å². The highest BCUT2D eigenvalue weighted by molar-refractivity contribution is 7.03. The molecule has 0 spiro atoms. The van der Waals surface area contributed by atoms with E-state index in [9.17, 15) is 0 Å². The Labute approximate surface area is 105 Å². The van der Waals surface area contributed by atoms with E-state index in [1.807, 2.05) is 43.5 Å². The molecule has 1 heterocycles. The zero-order valence-corrected chi connectivity index (χ0v) is 10.6. The molecule has 0 aliphatic carbocycles. The van der Waals surface area contributed by atoms with Gasteiger partial charge in [-0.05, 0) is 31.4 Å². The van der Waals surface area contributed by atoms with E-state index in [2.05, 4.69) is 9.59 Å². The van der Waals surface area contributed by atoms with Gasteiger partial charge in [-0.25, -0.2) is 0 Å². The van der Waals surface area contributed by atoms with Crippen LogP contribution in [0.1, 0.15) is 31.1 Å². The maximum atomic E-state index is 6.16. The number of benzene rings is 1. The van der Waals surface area contributed by atoms with Crippen molar-refractivity contribution in [2.45, 2.75) is 26.0 Å². The Morgan fingerprint density at radius 3 is 2.71 bits per heavy atom. The quantitative estimate of drug-likeness (QED) is 0.903. The lowest BCUT2D eigenvalue weighted by molar-refractivity contribution is 0.239. The second-order valence-corrected chi connectivity index (χ2v) is 4.62. The summed E-state index contributed by atoms with van der Waals surface area (Å²) >= 11 is 1.30. The predicted molar refractivity (Wildman–Crippen MR) is 68.1 cm³/mol. The number of nitrogens with zero attached hydrogens (tertiary/aromatic N) is 2. The van der Waals surface area contributed by atoms with Crippen LogP contribution in [0.4, 0.5) is 0 Å². The fourth-order valence-corrected chi connectivity index (χ4v) is 2.06. The van der Waals surface area contributed by atoms with Crippen LogP contribution < -0.4 is 10.5 Å². The summed E-state index contributed by atoms with van der Waals surface area (Å²) in [6, 6.07) is 7.48. The Balaban J connectivity index is 2.31. The standard InChI is InChI=1S/C12H15N3OS/c1-8(2)16-11-6-4-3-5-9(11)12(13)10-7-17-15-14-10/h3-8,12H,13H2,1-2H3. The number of ether oxygens (including phenoxy) is 1. The number of rotatable bonds is 4. The maximum Gasteiger partial charge on any atom is 0.124 e. The van der Waals surface area contributed by atoms with Crippen molar-refractivity contribution in [1.82, 2.24) is 9.59 Å². The molecule has 0 aliphatic rings. The molecule has 2 aromatic rings. The monoisotopic (exact) mass is 249 g/mol. The largest absolute Gasteiger partial charge is 0.491 e. The molecule has 0 radical (unpaired) electrons. The van der Waals surface area contributed by atoms with Crippen LogP contribution in [0.15, 0.2) is 29.6 Å². The van der Waals surface area contributed by atoms with Crippen LogP contribution in [0.2, 0.25) is 0 Å². The van der Waals surface area contributed by atoms with E-state index in [1.165, 1.54) is 11.5 Å². The SMILES string of the molecule is CC(C)Oc1ccccc1C(N)c1csnn1. The number of aromatic nitrogens is 2. The lowest BCUT2D eigenvalue weighted by atomic mass is 10.0. The van der Waals surface area contributed by atoms with Gasteiger partial charge in [0.05, 0.1) is 17.8 Å². The molecule has 4 nitrogen and oxygen atoms in total. The molecule has 1 atom stereocenters. The first-order chi connectivity index (χ1) is 8.18. The minimum Gasteiger partial charge on any atom is -0.491 e. The van der Waals surface area contributed by atoms with Crippen molar-refractivity contribution in [2.24, 2.45) is 5.73 Å². The van der Waals surface area contributed by atoms with Crippen LogP contribution in [0, 0.1) is 0 Å². The Morgan fingerprint density at radius 2 is 2.06 bits per heavy atom. The van der Waals surface area contributed by atoms with Crippen molar-refractivity contribution in [3.8, 4) is 5.75 Å². The normalized spacial score (nSPS) is 12.7. The molecule has 90 valence electrons. The fourth-order valence-electron chi connectivity index (χ4n) is 1.57. The van der Waals surface area contributed by atoms with Crippen molar-refractivity contribution in [3.05, 3.63) is 40.9 Å². The highest BCUT2D eigenvalue weighted by atomic mass is 32.1. The van der Waals surface area contributed by atoms with Gasteiger partial charge in [0.2, 0.25) is 0 Å². The third-order valence-electron chi connectivity index (χ3n) is 2.31. The minimum absolute atomic E-state index is 0.122. The molecule has 1 aromatic carbocycles. The average Bonchev–Trinajstić information content (AvgIpc) is 2.81. The van der Waals surface area contributed by atoms with Crippen LogP contribution in [-0.2, 0) is 0 Å². The van der Waals surface area contributed by atoms with Crippen molar-refractivity contribution in [3.63, 3.8) is 0 Å². The number of nitrogens with two attached hydrogens (primary N) is 1. The van der Waals surface area contributed by atoms with Gasteiger partial charge in [-0.3, -0.25) is 0 Å². The van der Waals surface area contributed by atoms with E-state index in [0.29, 0.717) is 0 Å². The van der Waals surface area contributed by atoms with E-state index in [-0.39, 0.29) is 12.1 Å². The van der Waals surface area contributed by atoms with Gasteiger partial charge in [0.1, 0.15) is 5.75 Å². The predicted octanol–water partition coefficient (Wildman–Crippen LogP) is 2.37. The summed E-state index contributed by atoms with van der Waals surface area (Å²) in [7, 11) is 0. The van der Waals surface area contributed by atoms with Crippen LogP contribution in [0.25, 0.3) is 0 Å². The number of hydrogen-bond acceptors (Lipinski definition) is 5. The van der Waals surface area contributed by atoms with E-state index < -0.39 is 0 Å². The van der Waals surface area contributed by atoms with Gasteiger partial charge in [0, 0.05) is 10.9 Å². The molecule has 0 bridgehead atoms. The molecule has 1 aromatic heterocycles. The summed E-state index contributed by atoms with van der Waals surface area (Å²) in [5.41, 5.74) is 7.87. The first-order valence-electron chi connectivity index (χ1n) is 5.46. The summed E-state index contributed by atoms with van der Waals surface area (Å²) in [4.78, 5) is 0. The summed E-state index contributed by atoms with van der Waals surface area (Å²) < 4.78 is 9.57. The first-order valence-corrected chi connectivity index (χ1v) is 6.30. The molecule has 0 fully saturated rings. The Kier molecular flexibility index (Phi) is 3.71. The highest BCUT2D eigenvalue weighted by Gasteiger charge is 2.16. The summed E-state index contributed by atoms with van der Waals surface area (Å²) in [6.45, 7) is 3.99. The molecule has 1 unspecified atom stereocenters. The molecule has 2 rings (SSSR count). The van der Waals surface area contributed by atoms with E-state index in [0.717, 1.165) is 17.0 Å². The van der Waals surface area contributed by atoms with E-state index in [1.54, 1.807) is 0 Å². The summed E-state index contributed by atoms with van der Waals surface area (Å²) in [5, 5.41) is 5.86. The lowest BCUT2D eigenvalue weighted by Gasteiger charge is -2.17. The van der Waals surface area contributed by atoms with Crippen molar-refractivity contribution in [1.29, 1.82) is 0 Å². The summed E-state index contributed by atoms with van der Waals surface area (Å²) in [5.74, 6) is 0.808. The third kappa shape index (κ3) is 2.81. The zero-order chi connectivity index (χ0) is 12.3. The Bertz CT molecular complexity index is 470. The molecule has 0 saturated carbocycles. The van der Waals surface area contributed by atoms with Crippen molar-refractivity contribution >= 4 is 11.5 Å². The minimum atomic E-state index is -0.288. The number of para-hydroxylation sites is 1. The fraction of sp³-hybridized carbons (Fsp3) is 0.333. The summed E-state index contributed by atoms with van der Waals surface area (Å²) in [6.07, 6.45) is 0.122. The second kappa shape index (κ2) is 5.25. The smallest absolute Gasteiger partial charge is 0.124 e. The van der Waals surface area contributed by atoms with Crippen molar-refractivity contribution in [2.75, 3.05) is 0 Å². The molecule has 0 aliphatic heterocycles. The van der Waals surface area contributed by atoms with E-state index in [4.69, 9.17) is 10.5 Å². The first kappa shape index (κ1) is 12.0. The molecule has 0 saturated heterocycles. The van der Waals surface area contributed by atoms with Crippen LogP contribution in [0.5, 0.6) is 5.75 Å². The molecule has 0 amide bonds. The van der Waals surface area contributed by atoms with Gasteiger partial charge >= 0.3 is 0 Å². The van der Waals surface area contributed by atoms with E-state index >= 15 is 0 Å².